The van der Waals surface area contributed by atoms with Crippen LogP contribution in [0.5, 0.6) is 0 Å². The molecule has 0 aliphatic heterocycles. The van der Waals surface area contributed by atoms with E-state index < -0.39 is 7.82 Å². The topological polar surface area (TPSA) is 147 Å². The van der Waals surface area contributed by atoms with Crippen LogP contribution < -0.4 is 14.7 Å². The first-order valence-corrected chi connectivity index (χ1v) is 12.8. The van der Waals surface area contributed by atoms with Gasteiger partial charge in [-0.05, 0) is 19.3 Å². The molecule has 0 aromatic carbocycles. The molecule has 0 unspecified atom stereocenters. The summed E-state index contributed by atoms with van der Waals surface area (Å²) in [7, 11) is 7.44. The monoisotopic (exact) mass is 491 g/mol. The van der Waals surface area contributed by atoms with Crippen molar-refractivity contribution in [2.45, 2.75) is 40.0 Å². The molecule has 0 fully saturated rings. The predicted molar refractivity (Wildman–Crippen MR) is 125 cm³/mol. The first-order valence-electron chi connectivity index (χ1n) is 11.4. The van der Waals surface area contributed by atoms with E-state index >= 15 is 0 Å². The molecule has 0 bridgehead atoms. The average molecular weight is 492 g/mol. The minimum atomic E-state index is -5.39. The fourth-order valence-corrected chi connectivity index (χ4v) is 2.96. The smallest absolute Gasteiger partial charge is 0.102 e. The zero-order chi connectivity index (χ0) is 26.5. The fourth-order valence-electron chi connectivity index (χ4n) is 2.96. The summed E-state index contributed by atoms with van der Waals surface area (Å²) in [6.07, 6.45) is 3.56. The summed E-state index contributed by atoms with van der Waals surface area (Å²) in [6.45, 7) is 13.5. The number of hydrogen-bond acceptors (Lipinski definition) is 7. The highest BCUT2D eigenvalue weighted by atomic mass is 31.2. The zero-order valence-corrected chi connectivity index (χ0v) is 23.1. The maximum atomic E-state index is 8.61. The van der Waals surface area contributed by atoms with Gasteiger partial charge in [0.2, 0.25) is 0 Å². The first kappa shape index (κ1) is 39.1. The molecule has 0 radical (unpaired) electrons. The number of quaternary nitrogens is 3. The van der Waals surface area contributed by atoms with Crippen molar-refractivity contribution < 1.29 is 48.0 Å². The van der Waals surface area contributed by atoms with Gasteiger partial charge in [-0.15, -0.1) is 0 Å². The predicted octanol–water partition coefficient (Wildman–Crippen LogP) is -1.43. The molecule has 32 heavy (non-hydrogen) atoms. The summed E-state index contributed by atoms with van der Waals surface area (Å²) in [4.78, 5) is 25.6. The van der Waals surface area contributed by atoms with Crippen LogP contribution in [0, 0.1) is 0 Å². The van der Waals surface area contributed by atoms with E-state index in [0.29, 0.717) is 19.8 Å². The molecule has 10 nitrogen and oxygen atoms in total. The van der Waals surface area contributed by atoms with Crippen molar-refractivity contribution in [1.82, 2.24) is 0 Å². The molecule has 11 heteroatoms. The highest BCUT2D eigenvalue weighted by Crippen LogP contribution is 2.03. The Balaban J connectivity index is -0.000000167. The average Bonchev–Trinajstić information content (AvgIpc) is 2.53. The van der Waals surface area contributed by atoms with Crippen LogP contribution in [0.4, 0.5) is 0 Å². The molecule has 0 aromatic rings. The van der Waals surface area contributed by atoms with Gasteiger partial charge in [0.25, 0.3) is 0 Å². The van der Waals surface area contributed by atoms with Crippen LogP contribution in [0.25, 0.3) is 0 Å². The number of aliphatic hydroxyl groups is 3. The summed E-state index contributed by atoms with van der Waals surface area (Å²) in [6, 6.07) is 0. The highest BCUT2D eigenvalue weighted by molar-refractivity contribution is 7.40. The Labute approximate surface area is 197 Å². The van der Waals surface area contributed by atoms with Crippen LogP contribution in [-0.4, -0.2) is 130 Å². The molecule has 0 aliphatic rings. The lowest BCUT2D eigenvalue weighted by molar-refractivity contribution is -0.890. The summed E-state index contributed by atoms with van der Waals surface area (Å²) in [5, 5.41) is 25.8. The normalized spacial score (nSPS) is 12.0. The van der Waals surface area contributed by atoms with Crippen molar-refractivity contribution in [1.29, 1.82) is 0 Å². The van der Waals surface area contributed by atoms with Gasteiger partial charge < -0.3 is 48.0 Å². The van der Waals surface area contributed by atoms with Gasteiger partial charge in [0.1, 0.15) is 19.6 Å². The SMILES string of the molecule is CCC[N+](C)(C)CCO.CCC[N+](C)(C)CCO.CCC[N+](C)(C)CCO.O=P([O-])([O-])[O-]. The van der Waals surface area contributed by atoms with Gasteiger partial charge in [-0.25, -0.2) is 0 Å². The number of phosphoric acid groups is 1. The molecule has 3 N–H and O–H groups in total. The van der Waals surface area contributed by atoms with Crippen LogP contribution in [0.1, 0.15) is 40.0 Å². The maximum absolute atomic E-state index is 8.61. The molecule has 0 aromatic heterocycles. The van der Waals surface area contributed by atoms with Gasteiger partial charge in [0.15, 0.2) is 0 Å². The van der Waals surface area contributed by atoms with Crippen molar-refractivity contribution in [2.75, 3.05) is 101 Å². The van der Waals surface area contributed by atoms with Gasteiger partial charge in [-0.3, -0.25) is 0 Å². The zero-order valence-electron chi connectivity index (χ0n) is 22.2. The second-order valence-electron chi connectivity index (χ2n) is 9.77. The van der Waals surface area contributed by atoms with Crippen molar-refractivity contribution >= 4 is 7.82 Å². The molecule has 0 rings (SSSR count). The van der Waals surface area contributed by atoms with E-state index in [0.717, 1.165) is 52.7 Å². The summed E-state index contributed by atoms with van der Waals surface area (Å²) in [5.41, 5.74) is 0. The number of aliphatic hydroxyl groups excluding tert-OH is 3. The Morgan fingerprint density at radius 1 is 0.531 bits per heavy atom. The van der Waals surface area contributed by atoms with E-state index in [1.807, 2.05) is 0 Å². The molecular formula is C21H54N3O7P. The third-order valence-electron chi connectivity index (χ3n) is 4.60. The second kappa shape index (κ2) is 21.4. The lowest BCUT2D eigenvalue weighted by atomic mass is 10.4. The lowest BCUT2D eigenvalue weighted by Crippen LogP contribution is -2.42. The Hall–Kier alpha value is -0.130. The number of rotatable bonds is 12. The van der Waals surface area contributed by atoms with Gasteiger partial charge >= 0.3 is 0 Å². The van der Waals surface area contributed by atoms with E-state index in [1.165, 1.54) is 19.3 Å². The van der Waals surface area contributed by atoms with Crippen molar-refractivity contribution in [3.63, 3.8) is 0 Å². The van der Waals surface area contributed by atoms with Crippen molar-refractivity contribution in [2.24, 2.45) is 0 Å². The van der Waals surface area contributed by atoms with E-state index in [9.17, 15) is 0 Å². The third-order valence-corrected chi connectivity index (χ3v) is 4.60. The Morgan fingerprint density at radius 3 is 0.781 bits per heavy atom. The number of nitrogens with zero attached hydrogens (tertiary/aromatic N) is 3. The molecule has 0 atom stereocenters. The summed E-state index contributed by atoms with van der Waals surface area (Å²) < 4.78 is 11.4. The maximum Gasteiger partial charge on any atom is 0.102 e. The highest BCUT2D eigenvalue weighted by Gasteiger charge is 2.12. The van der Waals surface area contributed by atoms with Crippen LogP contribution in [0.15, 0.2) is 0 Å². The number of hydrogen-bond donors (Lipinski definition) is 3. The minimum absolute atomic E-state index is 0.299. The van der Waals surface area contributed by atoms with Gasteiger partial charge in [-0.2, -0.15) is 7.82 Å². The molecule has 200 valence electrons. The van der Waals surface area contributed by atoms with Crippen LogP contribution in [0.3, 0.4) is 0 Å². The quantitative estimate of drug-likeness (QED) is 0.224. The summed E-state index contributed by atoms with van der Waals surface area (Å²) in [5.74, 6) is 0. The first-order chi connectivity index (χ1) is 14.4. The van der Waals surface area contributed by atoms with Gasteiger partial charge in [0, 0.05) is 0 Å². The van der Waals surface area contributed by atoms with Crippen molar-refractivity contribution in [3.05, 3.63) is 0 Å². The molecule has 0 heterocycles. The van der Waals surface area contributed by atoms with E-state index in [1.54, 1.807) is 0 Å². The standard InChI is InChI=1S/3C7H18NO.H3O4P/c3*1-4-5-8(2,3)6-7-9;1-5(2,3)4/h3*9H,4-7H2,1-3H3;(H3,1,2,3,4)/q3*+1;/p-3. The summed E-state index contributed by atoms with van der Waals surface area (Å²) >= 11 is 0. The van der Waals surface area contributed by atoms with E-state index in [-0.39, 0.29) is 0 Å². The molecule has 0 spiro atoms. The Kier molecular flexibility index (Phi) is 26.2. The van der Waals surface area contributed by atoms with Crippen LogP contribution in [0.2, 0.25) is 0 Å². The molecule has 0 saturated heterocycles. The van der Waals surface area contributed by atoms with Crippen molar-refractivity contribution in [3.8, 4) is 0 Å². The van der Waals surface area contributed by atoms with Crippen LogP contribution >= 0.6 is 7.82 Å². The van der Waals surface area contributed by atoms with Crippen LogP contribution in [-0.2, 0) is 4.57 Å². The Bertz CT molecular complexity index is 365. The third kappa shape index (κ3) is 43.7. The molecular weight excluding hydrogens is 437 g/mol. The van der Waals surface area contributed by atoms with E-state index in [4.69, 9.17) is 34.6 Å². The Morgan fingerprint density at radius 2 is 0.688 bits per heavy atom. The largest absolute Gasteiger partial charge is 0.822 e. The van der Waals surface area contributed by atoms with Gasteiger partial charge in [0.05, 0.1) is 81.7 Å². The molecule has 0 saturated carbocycles. The van der Waals surface area contributed by atoms with Gasteiger partial charge in [-0.1, -0.05) is 20.8 Å². The second-order valence-corrected chi connectivity index (χ2v) is 10.7. The fraction of sp³-hybridized carbons (Fsp3) is 1.00. The lowest BCUT2D eigenvalue weighted by Gasteiger charge is -2.36. The molecule has 0 amide bonds. The number of likely N-dealkylation sites (N-methyl/N-ethyl adjacent to an activating group) is 3. The molecule has 0 aliphatic carbocycles. The van der Waals surface area contributed by atoms with E-state index in [2.05, 4.69) is 63.1 Å². The minimum Gasteiger partial charge on any atom is -0.822 e.